The van der Waals surface area contributed by atoms with Gasteiger partial charge in [-0.2, -0.15) is 5.10 Å². The number of benzene rings is 1. The van der Waals surface area contributed by atoms with Crippen molar-refractivity contribution in [3.05, 3.63) is 48.3 Å². The van der Waals surface area contributed by atoms with E-state index in [2.05, 4.69) is 27.1 Å². The predicted octanol–water partition coefficient (Wildman–Crippen LogP) is 1.63. The molecule has 1 aliphatic heterocycles. The first kappa shape index (κ1) is 17.6. The summed E-state index contributed by atoms with van der Waals surface area (Å²) in [5, 5.41) is 7.27. The second-order valence-corrected chi connectivity index (χ2v) is 6.35. The number of nitrogens with zero attached hydrogens (tertiary/aromatic N) is 4. The number of hydrogen-bond acceptors (Lipinski definition) is 4. The summed E-state index contributed by atoms with van der Waals surface area (Å²) in [7, 11) is 0. The van der Waals surface area contributed by atoms with Gasteiger partial charge in [0.05, 0.1) is 11.3 Å². The van der Waals surface area contributed by atoms with Crippen molar-refractivity contribution in [1.82, 2.24) is 24.9 Å². The van der Waals surface area contributed by atoms with Crippen molar-refractivity contribution in [1.29, 1.82) is 0 Å². The van der Waals surface area contributed by atoms with Crippen LogP contribution < -0.4 is 5.32 Å². The highest BCUT2D eigenvalue weighted by Gasteiger charge is 2.15. The number of para-hydroxylation sites is 1. The van der Waals surface area contributed by atoms with E-state index in [0.717, 1.165) is 51.4 Å². The van der Waals surface area contributed by atoms with Crippen LogP contribution in [0.2, 0.25) is 0 Å². The van der Waals surface area contributed by atoms with Crippen molar-refractivity contribution in [3.8, 4) is 5.69 Å². The standard InChI is InChI=1S/C19H27N5O/c1-2-22-13-15-23(16-14-22)11-5-9-20-19(25)17-7-3-4-8-18(17)24-12-6-10-21-24/h3-4,6-8,10,12H,2,5,9,11,13-16H2,1H3,(H,20,25). The van der Waals surface area contributed by atoms with E-state index in [4.69, 9.17) is 0 Å². The van der Waals surface area contributed by atoms with Gasteiger partial charge in [0, 0.05) is 45.1 Å². The molecular weight excluding hydrogens is 314 g/mol. The molecule has 1 N–H and O–H groups in total. The maximum absolute atomic E-state index is 12.5. The fourth-order valence-electron chi connectivity index (χ4n) is 3.21. The number of carbonyl (C=O) groups excluding carboxylic acids is 1. The molecule has 1 fully saturated rings. The predicted molar refractivity (Wildman–Crippen MR) is 99.1 cm³/mol. The Morgan fingerprint density at radius 3 is 2.60 bits per heavy atom. The Labute approximate surface area is 149 Å². The van der Waals surface area contributed by atoms with Gasteiger partial charge in [-0.05, 0) is 37.7 Å². The topological polar surface area (TPSA) is 53.4 Å². The van der Waals surface area contributed by atoms with Crippen molar-refractivity contribution in [2.24, 2.45) is 0 Å². The molecular formula is C19H27N5O. The van der Waals surface area contributed by atoms with Crippen LogP contribution in [0, 0.1) is 0 Å². The van der Waals surface area contributed by atoms with E-state index in [9.17, 15) is 4.79 Å². The van der Waals surface area contributed by atoms with Gasteiger partial charge in [0.2, 0.25) is 0 Å². The Balaban J connectivity index is 1.46. The van der Waals surface area contributed by atoms with Crippen LogP contribution >= 0.6 is 0 Å². The van der Waals surface area contributed by atoms with Crippen molar-refractivity contribution in [2.45, 2.75) is 13.3 Å². The van der Waals surface area contributed by atoms with Crippen LogP contribution in [0.15, 0.2) is 42.7 Å². The summed E-state index contributed by atoms with van der Waals surface area (Å²) in [6.07, 6.45) is 4.54. The molecule has 2 heterocycles. The largest absolute Gasteiger partial charge is 0.352 e. The Hall–Kier alpha value is -2.18. The highest BCUT2D eigenvalue weighted by Crippen LogP contribution is 2.13. The maximum atomic E-state index is 12.5. The highest BCUT2D eigenvalue weighted by atomic mass is 16.1. The van der Waals surface area contributed by atoms with Gasteiger partial charge in [0.15, 0.2) is 0 Å². The summed E-state index contributed by atoms with van der Waals surface area (Å²) < 4.78 is 1.72. The lowest BCUT2D eigenvalue weighted by Crippen LogP contribution is -2.46. The fourth-order valence-corrected chi connectivity index (χ4v) is 3.21. The third kappa shape index (κ3) is 4.67. The van der Waals surface area contributed by atoms with E-state index in [1.54, 1.807) is 10.9 Å². The summed E-state index contributed by atoms with van der Waals surface area (Å²) in [5.74, 6) is -0.0399. The van der Waals surface area contributed by atoms with Crippen molar-refractivity contribution < 1.29 is 4.79 Å². The number of likely N-dealkylation sites (N-methyl/N-ethyl adjacent to an activating group) is 1. The lowest BCUT2D eigenvalue weighted by atomic mass is 10.1. The maximum Gasteiger partial charge on any atom is 0.253 e. The fraction of sp³-hybridized carbons (Fsp3) is 0.474. The quantitative estimate of drug-likeness (QED) is 0.778. The van der Waals surface area contributed by atoms with Gasteiger partial charge < -0.3 is 15.1 Å². The first-order valence-corrected chi connectivity index (χ1v) is 9.10. The van der Waals surface area contributed by atoms with Crippen LogP contribution in [-0.4, -0.2) is 71.3 Å². The molecule has 1 amide bonds. The second-order valence-electron chi connectivity index (χ2n) is 6.35. The average Bonchev–Trinajstić information content (AvgIpc) is 3.20. The number of nitrogens with one attached hydrogen (secondary N) is 1. The van der Waals surface area contributed by atoms with Gasteiger partial charge in [0.25, 0.3) is 5.91 Å². The lowest BCUT2D eigenvalue weighted by molar-refractivity contribution is 0.0948. The first-order chi connectivity index (χ1) is 12.3. The van der Waals surface area contributed by atoms with Crippen LogP contribution in [0.5, 0.6) is 0 Å². The normalized spacial score (nSPS) is 16.0. The minimum Gasteiger partial charge on any atom is -0.352 e. The molecule has 0 spiro atoms. The van der Waals surface area contributed by atoms with Crippen LogP contribution in [0.25, 0.3) is 5.69 Å². The van der Waals surface area contributed by atoms with Gasteiger partial charge in [-0.25, -0.2) is 4.68 Å². The Morgan fingerprint density at radius 2 is 1.88 bits per heavy atom. The molecule has 25 heavy (non-hydrogen) atoms. The number of amides is 1. The zero-order valence-corrected chi connectivity index (χ0v) is 14.9. The third-order valence-corrected chi connectivity index (χ3v) is 4.75. The number of carbonyl (C=O) groups is 1. The number of rotatable bonds is 7. The van der Waals surface area contributed by atoms with Gasteiger partial charge in [-0.1, -0.05) is 19.1 Å². The zero-order valence-electron chi connectivity index (χ0n) is 14.9. The van der Waals surface area contributed by atoms with E-state index in [1.807, 2.05) is 36.5 Å². The van der Waals surface area contributed by atoms with Crippen LogP contribution in [0.4, 0.5) is 0 Å². The zero-order chi connectivity index (χ0) is 17.5. The molecule has 6 heteroatoms. The van der Waals surface area contributed by atoms with E-state index in [-0.39, 0.29) is 5.91 Å². The molecule has 1 aromatic carbocycles. The summed E-state index contributed by atoms with van der Waals surface area (Å²) in [4.78, 5) is 17.5. The monoisotopic (exact) mass is 341 g/mol. The summed E-state index contributed by atoms with van der Waals surface area (Å²) in [6, 6.07) is 9.41. The van der Waals surface area contributed by atoms with Gasteiger partial charge in [-0.15, -0.1) is 0 Å². The lowest BCUT2D eigenvalue weighted by Gasteiger charge is -2.33. The smallest absolute Gasteiger partial charge is 0.253 e. The molecule has 1 saturated heterocycles. The van der Waals surface area contributed by atoms with Crippen molar-refractivity contribution in [2.75, 3.05) is 45.8 Å². The van der Waals surface area contributed by atoms with Crippen LogP contribution in [0.3, 0.4) is 0 Å². The molecule has 134 valence electrons. The van der Waals surface area contributed by atoms with Crippen molar-refractivity contribution in [3.63, 3.8) is 0 Å². The van der Waals surface area contributed by atoms with Crippen molar-refractivity contribution >= 4 is 5.91 Å². The second kappa shape index (κ2) is 8.78. The summed E-state index contributed by atoms with van der Waals surface area (Å²) in [5.41, 5.74) is 1.46. The molecule has 1 aliphatic rings. The molecule has 3 rings (SSSR count). The minimum atomic E-state index is -0.0399. The molecule has 0 aliphatic carbocycles. The SMILES string of the molecule is CCN1CCN(CCCNC(=O)c2ccccc2-n2cccn2)CC1. The molecule has 0 bridgehead atoms. The molecule has 1 aromatic heterocycles. The number of hydrogen-bond donors (Lipinski definition) is 1. The molecule has 0 atom stereocenters. The molecule has 0 unspecified atom stereocenters. The Bertz CT molecular complexity index is 662. The van der Waals surface area contributed by atoms with Gasteiger partial charge >= 0.3 is 0 Å². The number of aromatic nitrogens is 2. The Morgan fingerprint density at radius 1 is 1.12 bits per heavy atom. The number of piperazine rings is 1. The van der Waals surface area contributed by atoms with E-state index in [1.165, 1.54) is 0 Å². The van der Waals surface area contributed by atoms with Crippen LogP contribution in [-0.2, 0) is 0 Å². The summed E-state index contributed by atoms with van der Waals surface area (Å²) >= 11 is 0. The average molecular weight is 341 g/mol. The Kier molecular flexibility index (Phi) is 6.19. The molecule has 0 radical (unpaired) electrons. The molecule has 6 nitrogen and oxygen atoms in total. The van der Waals surface area contributed by atoms with E-state index < -0.39 is 0 Å². The minimum absolute atomic E-state index is 0.0399. The third-order valence-electron chi connectivity index (χ3n) is 4.75. The molecule has 0 saturated carbocycles. The molecule has 2 aromatic rings. The first-order valence-electron chi connectivity index (χ1n) is 9.10. The van der Waals surface area contributed by atoms with Crippen LogP contribution in [0.1, 0.15) is 23.7 Å². The van der Waals surface area contributed by atoms with Gasteiger partial charge in [-0.3, -0.25) is 4.79 Å². The van der Waals surface area contributed by atoms with E-state index in [0.29, 0.717) is 12.1 Å². The van der Waals surface area contributed by atoms with E-state index >= 15 is 0 Å². The van der Waals surface area contributed by atoms with Gasteiger partial charge in [0.1, 0.15) is 0 Å². The highest BCUT2D eigenvalue weighted by molar-refractivity contribution is 5.97. The summed E-state index contributed by atoms with van der Waals surface area (Å²) in [6.45, 7) is 9.65.